The van der Waals surface area contributed by atoms with Crippen molar-refractivity contribution in [2.45, 2.75) is 45.2 Å². The fourth-order valence-corrected chi connectivity index (χ4v) is 1.39. The number of unbranched alkanes of at least 4 members (excludes halogenated alkanes) is 1. The van der Waals surface area contributed by atoms with Crippen molar-refractivity contribution in [2.24, 2.45) is 11.7 Å². The summed E-state index contributed by atoms with van der Waals surface area (Å²) in [5.41, 5.74) is 5.47. The Kier molecular flexibility index (Phi) is 8.66. The largest absolute Gasteiger partial charge is 0.389 e. The lowest BCUT2D eigenvalue weighted by molar-refractivity contribution is -0.135. The highest BCUT2D eigenvalue weighted by molar-refractivity contribution is 4.57. The van der Waals surface area contributed by atoms with Gasteiger partial charge in [-0.1, -0.05) is 6.92 Å². The van der Waals surface area contributed by atoms with Crippen LogP contribution in [-0.4, -0.2) is 25.8 Å². The molecule has 0 aliphatic carbocycles. The van der Waals surface area contributed by atoms with Crippen LogP contribution in [0.5, 0.6) is 0 Å². The molecule has 0 aromatic rings. The first-order valence-electron chi connectivity index (χ1n) is 5.93. The molecule has 0 fully saturated rings. The molecule has 0 radical (unpaired) electrons. The summed E-state index contributed by atoms with van der Waals surface area (Å²) in [7, 11) is 0. The van der Waals surface area contributed by atoms with Gasteiger partial charge in [0.05, 0.1) is 0 Å². The predicted molar refractivity (Wildman–Crippen MR) is 60.2 cm³/mol. The Hall–Kier alpha value is -0.290. The summed E-state index contributed by atoms with van der Waals surface area (Å²) in [5.74, 6) is 0.534. The molecule has 0 saturated heterocycles. The minimum atomic E-state index is -4.00. The molecule has 98 valence electrons. The highest BCUT2D eigenvalue weighted by Crippen LogP contribution is 2.21. The van der Waals surface area contributed by atoms with E-state index in [9.17, 15) is 13.2 Å². The van der Waals surface area contributed by atoms with E-state index in [0.29, 0.717) is 25.4 Å². The van der Waals surface area contributed by atoms with E-state index >= 15 is 0 Å². The molecule has 0 amide bonds. The summed E-state index contributed by atoms with van der Waals surface area (Å²) < 4.78 is 35.3. The predicted octanol–water partition coefficient (Wildman–Crippen LogP) is 2.68. The zero-order valence-corrected chi connectivity index (χ0v) is 9.95. The van der Waals surface area contributed by atoms with Crippen LogP contribution in [-0.2, 0) is 0 Å². The second-order valence-corrected chi connectivity index (χ2v) is 4.31. The third-order valence-corrected chi connectivity index (χ3v) is 2.52. The van der Waals surface area contributed by atoms with Crippen LogP contribution in [0.3, 0.4) is 0 Å². The van der Waals surface area contributed by atoms with Gasteiger partial charge in [0.2, 0.25) is 0 Å². The maximum atomic E-state index is 11.8. The minimum absolute atomic E-state index is 0.218. The van der Waals surface area contributed by atoms with Gasteiger partial charge in [-0.05, 0) is 51.2 Å². The molecule has 16 heavy (non-hydrogen) atoms. The van der Waals surface area contributed by atoms with Gasteiger partial charge in [0.15, 0.2) is 0 Å². The van der Waals surface area contributed by atoms with Gasteiger partial charge in [-0.3, -0.25) is 0 Å². The normalized spacial score (nSPS) is 14.1. The average Bonchev–Trinajstić information content (AvgIpc) is 2.20. The highest BCUT2D eigenvalue weighted by Gasteiger charge is 2.25. The topological polar surface area (TPSA) is 38.0 Å². The van der Waals surface area contributed by atoms with Crippen LogP contribution in [0.15, 0.2) is 0 Å². The Labute approximate surface area is 95.8 Å². The van der Waals surface area contributed by atoms with Crippen LogP contribution in [0.25, 0.3) is 0 Å². The molecular formula is C11H23F3N2. The van der Waals surface area contributed by atoms with E-state index in [1.807, 2.05) is 0 Å². The van der Waals surface area contributed by atoms with Crippen LogP contribution in [0, 0.1) is 5.92 Å². The number of hydrogen-bond acceptors (Lipinski definition) is 2. The fraction of sp³-hybridized carbons (Fsp3) is 1.00. The van der Waals surface area contributed by atoms with Crippen molar-refractivity contribution in [1.82, 2.24) is 5.32 Å². The molecule has 0 saturated carbocycles. The fourth-order valence-electron chi connectivity index (χ4n) is 1.39. The quantitative estimate of drug-likeness (QED) is 0.608. The number of hydrogen-bond donors (Lipinski definition) is 2. The summed E-state index contributed by atoms with van der Waals surface area (Å²) >= 11 is 0. The molecule has 5 heteroatoms. The van der Waals surface area contributed by atoms with Crippen molar-refractivity contribution in [3.05, 3.63) is 0 Å². The molecule has 0 aliphatic rings. The molecule has 0 aromatic heterocycles. The van der Waals surface area contributed by atoms with E-state index in [1.165, 1.54) is 0 Å². The molecule has 0 rings (SSSR count). The average molecular weight is 240 g/mol. The maximum absolute atomic E-state index is 11.8. The Morgan fingerprint density at radius 2 is 1.75 bits per heavy atom. The number of nitrogens with one attached hydrogen (secondary N) is 1. The molecule has 0 aliphatic heterocycles. The van der Waals surface area contributed by atoms with Crippen LogP contribution < -0.4 is 11.1 Å². The van der Waals surface area contributed by atoms with Crippen molar-refractivity contribution in [3.63, 3.8) is 0 Å². The molecule has 0 bridgehead atoms. The Morgan fingerprint density at radius 3 is 2.31 bits per heavy atom. The standard InChI is InChI=1S/C11H23F3N2/c1-10(9-15)5-4-8-16-7-3-2-6-11(12,13)14/h10,16H,2-9,15H2,1H3. The van der Waals surface area contributed by atoms with Gasteiger partial charge in [0.1, 0.15) is 0 Å². The van der Waals surface area contributed by atoms with E-state index < -0.39 is 12.6 Å². The van der Waals surface area contributed by atoms with Gasteiger partial charge >= 0.3 is 6.18 Å². The third-order valence-electron chi connectivity index (χ3n) is 2.52. The van der Waals surface area contributed by atoms with Crippen LogP contribution in [0.1, 0.15) is 39.0 Å². The second kappa shape index (κ2) is 8.82. The van der Waals surface area contributed by atoms with Gasteiger partial charge in [0, 0.05) is 6.42 Å². The smallest absolute Gasteiger partial charge is 0.330 e. The zero-order valence-electron chi connectivity index (χ0n) is 9.95. The zero-order chi connectivity index (χ0) is 12.4. The first-order valence-corrected chi connectivity index (χ1v) is 5.93. The van der Waals surface area contributed by atoms with E-state index in [4.69, 9.17) is 5.73 Å². The summed E-state index contributed by atoms with van der Waals surface area (Å²) in [6.45, 7) is 4.35. The number of rotatable bonds is 9. The van der Waals surface area contributed by atoms with E-state index in [1.54, 1.807) is 0 Å². The summed E-state index contributed by atoms with van der Waals surface area (Å²) in [4.78, 5) is 0. The van der Waals surface area contributed by atoms with Crippen molar-refractivity contribution in [2.75, 3.05) is 19.6 Å². The monoisotopic (exact) mass is 240 g/mol. The van der Waals surface area contributed by atoms with Crippen molar-refractivity contribution >= 4 is 0 Å². The first kappa shape index (κ1) is 15.7. The van der Waals surface area contributed by atoms with Gasteiger partial charge in [-0.15, -0.1) is 0 Å². The van der Waals surface area contributed by atoms with Gasteiger partial charge in [-0.2, -0.15) is 13.2 Å². The molecule has 0 aromatic carbocycles. The Morgan fingerprint density at radius 1 is 1.12 bits per heavy atom. The van der Waals surface area contributed by atoms with Crippen molar-refractivity contribution in [3.8, 4) is 0 Å². The molecule has 1 atom stereocenters. The SMILES string of the molecule is CC(CN)CCCNCCCCC(F)(F)F. The van der Waals surface area contributed by atoms with Crippen LogP contribution in [0.2, 0.25) is 0 Å². The van der Waals surface area contributed by atoms with E-state index in [-0.39, 0.29) is 6.42 Å². The van der Waals surface area contributed by atoms with E-state index in [2.05, 4.69) is 12.2 Å². The molecule has 3 N–H and O–H groups in total. The van der Waals surface area contributed by atoms with Gasteiger partial charge < -0.3 is 11.1 Å². The number of alkyl halides is 3. The Balaban J connectivity index is 3.10. The van der Waals surface area contributed by atoms with Gasteiger partial charge in [0.25, 0.3) is 0 Å². The lowest BCUT2D eigenvalue weighted by Crippen LogP contribution is -2.19. The summed E-state index contributed by atoms with van der Waals surface area (Å²) in [6.07, 6.45) is -1.75. The minimum Gasteiger partial charge on any atom is -0.330 e. The maximum Gasteiger partial charge on any atom is 0.389 e. The molecule has 2 nitrogen and oxygen atoms in total. The van der Waals surface area contributed by atoms with Gasteiger partial charge in [-0.25, -0.2) is 0 Å². The van der Waals surface area contributed by atoms with E-state index in [0.717, 1.165) is 19.4 Å². The molecule has 0 spiro atoms. The molecular weight excluding hydrogens is 217 g/mol. The first-order chi connectivity index (χ1) is 7.45. The van der Waals surface area contributed by atoms with Crippen molar-refractivity contribution in [1.29, 1.82) is 0 Å². The van der Waals surface area contributed by atoms with Crippen LogP contribution >= 0.6 is 0 Å². The Bertz CT molecular complexity index is 160. The number of nitrogens with two attached hydrogens (primary N) is 1. The number of halogens is 3. The highest BCUT2D eigenvalue weighted by atomic mass is 19.4. The lowest BCUT2D eigenvalue weighted by atomic mass is 10.1. The van der Waals surface area contributed by atoms with Crippen molar-refractivity contribution < 1.29 is 13.2 Å². The lowest BCUT2D eigenvalue weighted by Gasteiger charge is -2.09. The molecule has 1 unspecified atom stereocenters. The summed E-state index contributed by atoms with van der Waals surface area (Å²) in [5, 5.41) is 3.14. The molecule has 0 heterocycles. The summed E-state index contributed by atoms with van der Waals surface area (Å²) in [6, 6.07) is 0. The van der Waals surface area contributed by atoms with Crippen LogP contribution in [0.4, 0.5) is 13.2 Å². The third kappa shape index (κ3) is 11.8. The second-order valence-electron chi connectivity index (χ2n) is 4.31.